The lowest BCUT2D eigenvalue weighted by Gasteiger charge is -1.97. The Labute approximate surface area is 106 Å². The molecule has 0 unspecified atom stereocenters. The highest BCUT2D eigenvalue weighted by Crippen LogP contribution is 2.16. The molecule has 0 fully saturated rings. The van der Waals surface area contributed by atoms with Gasteiger partial charge in [0.05, 0.1) is 0 Å². The SMILES string of the molecule is CO/N=C(\C([NH])=O)c1csc(NC(=O)CCl)n1. The van der Waals surface area contributed by atoms with E-state index in [9.17, 15) is 9.59 Å². The van der Waals surface area contributed by atoms with E-state index in [2.05, 4.69) is 20.3 Å². The fraction of sp³-hybridized carbons (Fsp3) is 0.250. The first-order chi connectivity index (χ1) is 8.08. The van der Waals surface area contributed by atoms with Gasteiger partial charge in [-0.25, -0.2) is 4.98 Å². The highest BCUT2D eigenvalue weighted by atomic mass is 35.5. The zero-order chi connectivity index (χ0) is 12.8. The summed E-state index contributed by atoms with van der Waals surface area (Å²) in [6, 6.07) is 0. The number of oxime groups is 1. The number of amides is 2. The first-order valence-electron chi connectivity index (χ1n) is 4.27. The molecule has 91 valence electrons. The van der Waals surface area contributed by atoms with Gasteiger partial charge in [0, 0.05) is 5.38 Å². The molecule has 0 bridgehead atoms. The zero-order valence-corrected chi connectivity index (χ0v) is 10.3. The monoisotopic (exact) mass is 275 g/mol. The van der Waals surface area contributed by atoms with Crippen molar-refractivity contribution in [1.29, 1.82) is 0 Å². The van der Waals surface area contributed by atoms with Crippen molar-refractivity contribution in [3.05, 3.63) is 11.1 Å². The van der Waals surface area contributed by atoms with Crippen LogP contribution in [0.1, 0.15) is 5.69 Å². The van der Waals surface area contributed by atoms with Gasteiger partial charge in [-0.2, -0.15) is 0 Å². The average molecular weight is 276 g/mol. The van der Waals surface area contributed by atoms with Crippen molar-refractivity contribution in [1.82, 2.24) is 10.7 Å². The molecule has 2 amide bonds. The molecule has 1 aromatic heterocycles. The van der Waals surface area contributed by atoms with Crippen LogP contribution < -0.4 is 11.1 Å². The van der Waals surface area contributed by atoms with Crippen LogP contribution in [-0.2, 0) is 14.4 Å². The van der Waals surface area contributed by atoms with Crippen molar-refractivity contribution in [3.8, 4) is 0 Å². The molecule has 2 N–H and O–H groups in total. The number of carbonyl (C=O) groups excluding carboxylic acids is 2. The molecule has 1 radical (unpaired) electrons. The highest BCUT2D eigenvalue weighted by Gasteiger charge is 2.16. The summed E-state index contributed by atoms with van der Waals surface area (Å²) in [6.45, 7) is 0. The molecule has 1 heterocycles. The average Bonchev–Trinajstić information content (AvgIpc) is 2.73. The third-order valence-corrected chi connectivity index (χ3v) is 2.51. The molecular formula is C8H8ClN4O3S. The molecule has 0 saturated heterocycles. The Morgan fingerprint density at radius 2 is 2.41 bits per heavy atom. The minimum Gasteiger partial charge on any atom is -0.398 e. The molecule has 0 aromatic carbocycles. The normalized spacial score (nSPS) is 11.1. The van der Waals surface area contributed by atoms with Gasteiger partial charge in [-0.1, -0.05) is 5.16 Å². The lowest BCUT2D eigenvalue weighted by molar-refractivity contribution is -0.114. The van der Waals surface area contributed by atoms with Crippen LogP contribution in [0.25, 0.3) is 0 Å². The maximum Gasteiger partial charge on any atom is 0.294 e. The van der Waals surface area contributed by atoms with Crippen LogP contribution in [0.5, 0.6) is 0 Å². The van der Waals surface area contributed by atoms with Crippen LogP contribution in [-0.4, -0.2) is 35.5 Å². The predicted molar refractivity (Wildman–Crippen MR) is 63.1 cm³/mol. The minimum absolute atomic E-state index is 0.168. The quantitative estimate of drug-likeness (QED) is 0.479. The van der Waals surface area contributed by atoms with Crippen LogP contribution in [0.2, 0.25) is 0 Å². The maximum absolute atomic E-state index is 11.0. The summed E-state index contributed by atoms with van der Waals surface area (Å²) in [5.41, 5.74) is 6.91. The second kappa shape index (κ2) is 6.16. The van der Waals surface area contributed by atoms with Gasteiger partial charge in [0.15, 0.2) is 10.8 Å². The summed E-state index contributed by atoms with van der Waals surface area (Å²) in [5, 5.41) is 7.56. The summed E-state index contributed by atoms with van der Waals surface area (Å²) < 4.78 is 0. The van der Waals surface area contributed by atoms with Crippen LogP contribution in [0, 0.1) is 0 Å². The van der Waals surface area contributed by atoms with Gasteiger partial charge in [0.1, 0.15) is 18.7 Å². The van der Waals surface area contributed by atoms with Gasteiger partial charge in [-0.05, 0) is 0 Å². The number of hydrogen-bond acceptors (Lipinski definition) is 6. The van der Waals surface area contributed by atoms with Crippen molar-refractivity contribution in [2.45, 2.75) is 0 Å². The summed E-state index contributed by atoms with van der Waals surface area (Å²) in [6.07, 6.45) is 0. The van der Waals surface area contributed by atoms with E-state index >= 15 is 0 Å². The smallest absolute Gasteiger partial charge is 0.294 e. The van der Waals surface area contributed by atoms with Gasteiger partial charge in [0.25, 0.3) is 5.91 Å². The fourth-order valence-electron chi connectivity index (χ4n) is 0.888. The summed E-state index contributed by atoms with van der Waals surface area (Å²) >= 11 is 6.40. The molecule has 0 aliphatic rings. The van der Waals surface area contributed by atoms with E-state index in [1.165, 1.54) is 12.5 Å². The van der Waals surface area contributed by atoms with Crippen LogP contribution in [0.15, 0.2) is 10.5 Å². The first-order valence-corrected chi connectivity index (χ1v) is 5.68. The zero-order valence-electron chi connectivity index (χ0n) is 8.69. The van der Waals surface area contributed by atoms with Crippen LogP contribution >= 0.6 is 22.9 Å². The van der Waals surface area contributed by atoms with E-state index < -0.39 is 11.8 Å². The van der Waals surface area contributed by atoms with Crippen molar-refractivity contribution >= 4 is 45.6 Å². The van der Waals surface area contributed by atoms with E-state index in [0.717, 1.165) is 11.3 Å². The van der Waals surface area contributed by atoms with Gasteiger partial charge in [0.2, 0.25) is 5.91 Å². The molecule has 1 aromatic rings. The Balaban J connectivity index is 2.89. The molecule has 1 rings (SSSR count). The van der Waals surface area contributed by atoms with Crippen molar-refractivity contribution in [2.24, 2.45) is 5.16 Å². The van der Waals surface area contributed by atoms with Crippen molar-refractivity contribution < 1.29 is 14.4 Å². The van der Waals surface area contributed by atoms with Gasteiger partial charge >= 0.3 is 0 Å². The van der Waals surface area contributed by atoms with Crippen LogP contribution in [0.4, 0.5) is 5.13 Å². The molecule has 0 saturated carbocycles. The molecule has 0 aliphatic carbocycles. The Bertz CT molecular complexity index is 459. The highest BCUT2D eigenvalue weighted by molar-refractivity contribution is 7.14. The van der Waals surface area contributed by atoms with E-state index in [4.69, 9.17) is 17.3 Å². The van der Waals surface area contributed by atoms with Crippen molar-refractivity contribution in [3.63, 3.8) is 0 Å². The first kappa shape index (κ1) is 13.4. The number of carbonyl (C=O) groups is 2. The molecule has 9 heteroatoms. The van der Waals surface area contributed by atoms with Gasteiger partial charge in [-0.3, -0.25) is 15.3 Å². The lowest BCUT2D eigenvalue weighted by atomic mass is 10.3. The Hall–Kier alpha value is -1.67. The maximum atomic E-state index is 11.0. The molecule has 0 atom stereocenters. The summed E-state index contributed by atoms with van der Waals surface area (Å²) in [4.78, 5) is 30.3. The number of anilines is 1. The molecular weight excluding hydrogens is 268 g/mol. The number of nitrogens with zero attached hydrogens (tertiary/aromatic N) is 2. The summed E-state index contributed by atoms with van der Waals surface area (Å²) in [7, 11) is 1.26. The second-order valence-corrected chi connectivity index (χ2v) is 3.80. The third-order valence-electron chi connectivity index (χ3n) is 1.51. The number of aromatic nitrogens is 1. The Kier molecular flexibility index (Phi) is 4.85. The van der Waals surface area contributed by atoms with Crippen LogP contribution in [0.3, 0.4) is 0 Å². The molecule has 7 nitrogen and oxygen atoms in total. The predicted octanol–water partition coefficient (Wildman–Crippen LogP) is 0.480. The molecule has 0 spiro atoms. The van der Waals surface area contributed by atoms with E-state index in [1.807, 2.05) is 0 Å². The molecule has 0 aliphatic heterocycles. The summed E-state index contributed by atoms with van der Waals surface area (Å²) in [5.74, 6) is -1.62. The standard InChI is InChI=1S/C8H8ClN4O3S/c1-16-13-6(7(10)15)4-3-17-8(11-4)12-5(14)2-9/h3,10H,2H2,1H3,(H,11,12,14)/b13-6-. The second-order valence-electron chi connectivity index (χ2n) is 2.67. The number of thiazole rings is 1. The number of nitrogens with one attached hydrogen (secondary N) is 2. The van der Waals surface area contributed by atoms with Crippen molar-refractivity contribution in [2.75, 3.05) is 18.3 Å². The number of hydrogen-bond donors (Lipinski definition) is 1. The van der Waals surface area contributed by atoms with Gasteiger partial charge < -0.3 is 10.2 Å². The van der Waals surface area contributed by atoms with E-state index in [-0.39, 0.29) is 22.4 Å². The topological polar surface area (TPSA) is 104 Å². The largest absolute Gasteiger partial charge is 0.398 e. The number of halogens is 1. The number of rotatable bonds is 5. The van der Waals surface area contributed by atoms with Gasteiger partial charge in [-0.15, -0.1) is 22.9 Å². The number of alkyl halides is 1. The van der Waals surface area contributed by atoms with E-state index in [0.29, 0.717) is 0 Å². The van der Waals surface area contributed by atoms with E-state index in [1.54, 1.807) is 0 Å². The Morgan fingerprint density at radius 3 is 2.94 bits per heavy atom. The Morgan fingerprint density at radius 1 is 1.71 bits per heavy atom. The molecule has 17 heavy (non-hydrogen) atoms. The lowest BCUT2D eigenvalue weighted by Crippen LogP contribution is -2.17. The fourth-order valence-corrected chi connectivity index (χ4v) is 1.67. The third kappa shape index (κ3) is 3.68. The minimum atomic E-state index is -1.02.